The summed E-state index contributed by atoms with van der Waals surface area (Å²) < 4.78 is 23.7. The van der Waals surface area contributed by atoms with Crippen LogP contribution in [0.15, 0.2) is 5.16 Å². The minimum atomic E-state index is -3.55. The highest BCUT2D eigenvalue weighted by Gasteiger charge is 2.30. The zero-order valence-electron chi connectivity index (χ0n) is 7.97. The fraction of sp³-hybridized carbons (Fsp3) is 0.500. The van der Waals surface area contributed by atoms with Gasteiger partial charge in [0, 0.05) is 13.3 Å². The molecule has 1 heterocycles. The third kappa shape index (κ3) is 2.17. The Bertz CT molecular complexity index is 507. The van der Waals surface area contributed by atoms with Crippen molar-refractivity contribution in [2.24, 2.45) is 7.05 Å². The van der Waals surface area contributed by atoms with E-state index < -0.39 is 20.6 Å². The van der Waals surface area contributed by atoms with Gasteiger partial charge in [-0.2, -0.15) is 0 Å². The lowest BCUT2D eigenvalue weighted by atomic mass is 10.5. The van der Waals surface area contributed by atoms with Gasteiger partial charge in [-0.1, -0.05) is 15.9 Å². The molecule has 0 bridgehead atoms. The highest BCUT2D eigenvalue weighted by atomic mass is 79.9. The molecule has 0 fully saturated rings. The predicted octanol–water partition coefficient (Wildman–Crippen LogP) is 0.627. The van der Waals surface area contributed by atoms with E-state index in [0.717, 1.165) is 6.26 Å². The zero-order valence-corrected chi connectivity index (χ0v) is 10.4. The van der Waals surface area contributed by atoms with Gasteiger partial charge in [0.2, 0.25) is 9.84 Å². The molecule has 0 aromatic carbocycles. The van der Waals surface area contributed by atoms with E-state index in [1.807, 2.05) is 0 Å². The van der Waals surface area contributed by atoms with Crippen LogP contribution in [0.4, 0.5) is 5.82 Å². The summed E-state index contributed by atoms with van der Waals surface area (Å²) in [5.41, 5.74) is 0.223. The summed E-state index contributed by atoms with van der Waals surface area (Å²) >= 11 is 3.05. The summed E-state index contributed by atoms with van der Waals surface area (Å²) in [5, 5.41) is 10.5. The van der Waals surface area contributed by atoms with E-state index in [1.165, 1.54) is 11.6 Å². The van der Waals surface area contributed by atoms with Crippen LogP contribution in [0.1, 0.15) is 5.69 Å². The van der Waals surface area contributed by atoms with Gasteiger partial charge in [0.05, 0.1) is 5.33 Å². The van der Waals surface area contributed by atoms with Gasteiger partial charge >= 0.3 is 11.0 Å². The standard InChI is InChI=1S/C6H8BrN3O4S/c1-9-4(3-7)5(10(11)12)8-6(9)15(2,13)14/h3H2,1-2H3. The Morgan fingerprint density at radius 3 is 2.40 bits per heavy atom. The van der Waals surface area contributed by atoms with Crippen molar-refractivity contribution < 1.29 is 13.3 Å². The molecule has 0 N–H and O–H groups in total. The third-order valence-electron chi connectivity index (χ3n) is 1.78. The van der Waals surface area contributed by atoms with Crippen molar-refractivity contribution in [3.63, 3.8) is 0 Å². The van der Waals surface area contributed by atoms with Crippen LogP contribution in [0.25, 0.3) is 0 Å². The molecule has 0 aliphatic carbocycles. The minimum absolute atomic E-state index is 0.169. The number of sulfone groups is 1. The van der Waals surface area contributed by atoms with Gasteiger partial charge in [-0.15, -0.1) is 0 Å². The first kappa shape index (κ1) is 12.1. The second-order valence-corrected chi connectivity index (χ2v) is 5.36. The average Bonchev–Trinajstić information content (AvgIpc) is 2.41. The molecule has 0 aliphatic rings. The van der Waals surface area contributed by atoms with Gasteiger partial charge in [0.25, 0.3) is 0 Å². The molecule has 0 amide bonds. The van der Waals surface area contributed by atoms with E-state index in [0.29, 0.717) is 0 Å². The van der Waals surface area contributed by atoms with Crippen LogP contribution in [0.3, 0.4) is 0 Å². The number of halogens is 1. The van der Waals surface area contributed by atoms with Crippen LogP contribution in [0.5, 0.6) is 0 Å². The highest BCUT2D eigenvalue weighted by molar-refractivity contribution is 9.08. The average molecular weight is 298 g/mol. The van der Waals surface area contributed by atoms with Crippen LogP contribution in [0, 0.1) is 10.1 Å². The second-order valence-electron chi connectivity index (χ2n) is 2.89. The summed E-state index contributed by atoms with van der Waals surface area (Å²) in [7, 11) is -2.13. The molecule has 1 rings (SSSR count). The Morgan fingerprint density at radius 2 is 2.13 bits per heavy atom. The highest BCUT2D eigenvalue weighted by Crippen LogP contribution is 2.23. The Hall–Kier alpha value is -0.960. The van der Waals surface area contributed by atoms with Gasteiger partial charge in [0.15, 0.2) is 0 Å². The summed E-state index contributed by atoms with van der Waals surface area (Å²) in [5.74, 6) is -0.435. The fourth-order valence-corrected chi connectivity index (χ4v) is 2.61. The topological polar surface area (TPSA) is 95.1 Å². The smallest absolute Gasteiger partial charge is 0.358 e. The molecule has 84 valence electrons. The number of nitro groups is 1. The van der Waals surface area contributed by atoms with Crippen molar-refractivity contribution in [2.45, 2.75) is 10.5 Å². The molecule has 7 nitrogen and oxygen atoms in total. The molecule has 0 aliphatic heterocycles. The Balaban J connectivity index is 3.55. The predicted molar refractivity (Wildman–Crippen MR) is 55.6 cm³/mol. The SMILES string of the molecule is Cn1c(S(C)(=O)=O)nc([N+](=O)[O-])c1CBr. The molecule has 1 aromatic heterocycles. The number of nitrogens with zero attached hydrogens (tertiary/aromatic N) is 3. The summed E-state index contributed by atoms with van der Waals surface area (Å²) in [6.07, 6.45) is 0.955. The molecule has 0 saturated carbocycles. The zero-order chi connectivity index (χ0) is 11.8. The van der Waals surface area contributed by atoms with Gasteiger partial charge in [-0.3, -0.25) is 4.57 Å². The molecule has 9 heteroatoms. The molecule has 0 spiro atoms. The van der Waals surface area contributed by atoms with Crippen LogP contribution in [-0.4, -0.2) is 29.1 Å². The lowest BCUT2D eigenvalue weighted by Gasteiger charge is -1.97. The Morgan fingerprint density at radius 1 is 1.60 bits per heavy atom. The molecular formula is C6H8BrN3O4S. The van der Waals surface area contributed by atoms with E-state index in [9.17, 15) is 18.5 Å². The van der Waals surface area contributed by atoms with Crippen molar-refractivity contribution in [3.05, 3.63) is 15.8 Å². The van der Waals surface area contributed by atoms with E-state index in [4.69, 9.17) is 0 Å². The normalized spacial score (nSPS) is 11.7. The van der Waals surface area contributed by atoms with Gasteiger partial charge in [-0.25, -0.2) is 8.42 Å². The first-order valence-electron chi connectivity index (χ1n) is 3.75. The van der Waals surface area contributed by atoms with E-state index in [-0.39, 0.29) is 16.2 Å². The molecule has 15 heavy (non-hydrogen) atoms. The van der Waals surface area contributed by atoms with Crippen molar-refractivity contribution in [3.8, 4) is 0 Å². The van der Waals surface area contributed by atoms with Gasteiger partial charge in [-0.05, 0) is 9.91 Å². The monoisotopic (exact) mass is 297 g/mol. The summed E-state index contributed by atoms with van der Waals surface area (Å²) in [6.45, 7) is 0. The van der Waals surface area contributed by atoms with Crippen LogP contribution in [0.2, 0.25) is 0 Å². The third-order valence-corrected chi connectivity index (χ3v) is 3.34. The van der Waals surface area contributed by atoms with Crippen molar-refractivity contribution in [2.75, 3.05) is 6.26 Å². The first-order chi connectivity index (χ1) is 6.79. The molecule has 0 radical (unpaired) electrons. The number of imidazole rings is 1. The van der Waals surface area contributed by atoms with Gasteiger partial charge in [0.1, 0.15) is 5.69 Å². The largest absolute Gasteiger partial charge is 0.387 e. The number of hydrogen-bond donors (Lipinski definition) is 0. The second kappa shape index (κ2) is 3.89. The molecular weight excluding hydrogens is 290 g/mol. The van der Waals surface area contributed by atoms with Crippen molar-refractivity contribution >= 4 is 31.6 Å². The maximum atomic E-state index is 11.2. The Labute approximate surface area is 94.3 Å². The lowest BCUT2D eigenvalue weighted by Crippen LogP contribution is -2.07. The summed E-state index contributed by atoms with van der Waals surface area (Å²) in [6, 6.07) is 0. The lowest BCUT2D eigenvalue weighted by molar-refractivity contribution is -0.390. The van der Waals surface area contributed by atoms with Crippen LogP contribution in [-0.2, 0) is 22.2 Å². The number of alkyl halides is 1. The quantitative estimate of drug-likeness (QED) is 0.463. The molecule has 0 unspecified atom stereocenters. The van der Waals surface area contributed by atoms with Crippen LogP contribution >= 0.6 is 15.9 Å². The molecule has 0 atom stereocenters. The number of hydrogen-bond acceptors (Lipinski definition) is 5. The number of aromatic nitrogens is 2. The maximum absolute atomic E-state index is 11.2. The maximum Gasteiger partial charge on any atom is 0.387 e. The first-order valence-corrected chi connectivity index (χ1v) is 6.76. The van der Waals surface area contributed by atoms with Crippen molar-refractivity contribution in [1.29, 1.82) is 0 Å². The Kier molecular flexibility index (Phi) is 3.14. The van der Waals surface area contributed by atoms with E-state index >= 15 is 0 Å². The van der Waals surface area contributed by atoms with Gasteiger partial charge < -0.3 is 10.1 Å². The van der Waals surface area contributed by atoms with E-state index in [1.54, 1.807) is 0 Å². The minimum Gasteiger partial charge on any atom is -0.358 e. The fourth-order valence-electron chi connectivity index (χ4n) is 1.12. The van der Waals surface area contributed by atoms with Crippen LogP contribution < -0.4 is 0 Å². The van der Waals surface area contributed by atoms with E-state index in [2.05, 4.69) is 20.9 Å². The molecule has 0 saturated heterocycles. The van der Waals surface area contributed by atoms with Crippen molar-refractivity contribution in [1.82, 2.24) is 9.55 Å². The summed E-state index contributed by atoms with van der Waals surface area (Å²) in [4.78, 5) is 13.4. The number of rotatable bonds is 3. The molecule has 1 aromatic rings.